The first-order valence-electron chi connectivity index (χ1n) is 6.48. The van der Waals surface area contributed by atoms with Gasteiger partial charge in [0.1, 0.15) is 5.01 Å². The smallest absolute Gasteiger partial charge is 0.191 e. The van der Waals surface area contributed by atoms with Gasteiger partial charge < -0.3 is 10.6 Å². The predicted octanol–water partition coefficient (Wildman–Crippen LogP) is 2.48. The molecule has 100 valence electrons. The van der Waals surface area contributed by atoms with Crippen LogP contribution in [0, 0.1) is 6.92 Å². The largest absolute Gasteiger partial charge is 0.370 e. The zero-order chi connectivity index (χ0) is 13.3. The van der Waals surface area contributed by atoms with Crippen molar-refractivity contribution >= 4 is 17.3 Å². The third-order valence-electron chi connectivity index (χ3n) is 3.26. The maximum atomic E-state index is 5.96. The Morgan fingerprint density at radius 1 is 1.56 bits per heavy atom. The molecule has 18 heavy (non-hydrogen) atoms. The van der Waals surface area contributed by atoms with Gasteiger partial charge >= 0.3 is 0 Å². The van der Waals surface area contributed by atoms with Gasteiger partial charge in [0.25, 0.3) is 0 Å². The van der Waals surface area contributed by atoms with E-state index >= 15 is 0 Å². The van der Waals surface area contributed by atoms with E-state index in [0.717, 1.165) is 5.01 Å². The summed E-state index contributed by atoms with van der Waals surface area (Å²) < 4.78 is 0. The lowest BCUT2D eigenvalue weighted by molar-refractivity contribution is 0.487. The number of aryl methyl sites for hydroxylation is 1. The highest BCUT2D eigenvalue weighted by molar-refractivity contribution is 7.11. The Morgan fingerprint density at radius 2 is 2.22 bits per heavy atom. The van der Waals surface area contributed by atoms with Crippen molar-refractivity contribution in [3.8, 4) is 0 Å². The fraction of sp³-hybridized carbons (Fsp3) is 0.692. The van der Waals surface area contributed by atoms with Gasteiger partial charge in [-0.3, -0.25) is 0 Å². The van der Waals surface area contributed by atoms with Gasteiger partial charge in [-0.15, -0.1) is 11.3 Å². The van der Waals surface area contributed by atoms with Gasteiger partial charge in [-0.05, 0) is 25.7 Å². The fourth-order valence-corrected chi connectivity index (χ4v) is 2.99. The van der Waals surface area contributed by atoms with Crippen molar-refractivity contribution in [2.75, 3.05) is 7.05 Å². The number of hydrogen-bond donors (Lipinski definition) is 1. The summed E-state index contributed by atoms with van der Waals surface area (Å²) in [6.07, 6.45) is 2.47. The molecule has 0 radical (unpaired) electrons. The van der Waals surface area contributed by atoms with Gasteiger partial charge in [-0.25, -0.2) is 9.98 Å². The van der Waals surface area contributed by atoms with Crippen LogP contribution in [-0.4, -0.2) is 28.9 Å². The number of rotatable bonds is 4. The number of nitrogens with zero attached hydrogens (tertiary/aromatic N) is 3. The van der Waals surface area contributed by atoms with Crippen molar-refractivity contribution in [3.63, 3.8) is 0 Å². The second kappa shape index (κ2) is 5.26. The van der Waals surface area contributed by atoms with Crippen molar-refractivity contribution in [2.24, 2.45) is 10.7 Å². The second-order valence-electron chi connectivity index (χ2n) is 5.22. The molecule has 1 aliphatic rings. The molecule has 0 bridgehead atoms. The molecule has 1 fully saturated rings. The third-order valence-corrected chi connectivity index (χ3v) is 4.23. The molecular formula is C13H22N4S. The molecule has 1 aromatic heterocycles. The van der Waals surface area contributed by atoms with Crippen LogP contribution in [-0.2, 0) is 6.54 Å². The number of guanidine groups is 1. The summed E-state index contributed by atoms with van der Waals surface area (Å²) in [7, 11) is 2.02. The van der Waals surface area contributed by atoms with E-state index in [1.807, 2.05) is 7.05 Å². The first-order chi connectivity index (χ1) is 8.49. The van der Waals surface area contributed by atoms with E-state index in [0.29, 0.717) is 24.5 Å². The summed E-state index contributed by atoms with van der Waals surface area (Å²) in [5.41, 5.74) is 7.16. The van der Waals surface area contributed by atoms with E-state index in [4.69, 9.17) is 5.73 Å². The lowest BCUT2D eigenvalue weighted by Crippen LogP contribution is -2.35. The van der Waals surface area contributed by atoms with Gasteiger partial charge in [-0.1, -0.05) is 13.8 Å². The van der Waals surface area contributed by atoms with E-state index in [9.17, 15) is 0 Å². The van der Waals surface area contributed by atoms with Crippen LogP contribution >= 0.6 is 11.3 Å². The number of thiazole rings is 1. The average Bonchev–Trinajstić information content (AvgIpc) is 3.09. The number of aliphatic imine (C=N–C) groups is 1. The zero-order valence-corrected chi connectivity index (χ0v) is 12.4. The van der Waals surface area contributed by atoms with Crippen LogP contribution in [0.25, 0.3) is 0 Å². The highest BCUT2D eigenvalue weighted by Gasteiger charge is 2.27. The molecule has 4 nitrogen and oxygen atoms in total. The van der Waals surface area contributed by atoms with Crippen molar-refractivity contribution in [1.29, 1.82) is 0 Å². The average molecular weight is 266 g/mol. The predicted molar refractivity (Wildman–Crippen MR) is 77.1 cm³/mol. The lowest BCUT2D eigenvalue weighted by atomic mass is 10.1. The maximum Gasteiger partial charge on any atom is 0.191 e. The van der Waals surface area contributed by atoms with Crippen LogP contribution in [0.2, 0.25) is 0 Å². The summed E-state index contributed by atoms with van der Waals surface area (Å²) in [5.74, 6) is 1.11. The number of aromatic nitrogens is 1. The molecule has 0 saturated heterocycles. The molecule has 1 heterocycles. The summed E-state index contributed by atoms with van der Waals surface area (Å²) >= 11 is 1.73. The minimum atomic E-state index is 0.477. The summed E-state index contributed by atoms with van der Waals surface area (Å²) in [5, 5.41) is 1.06. The van der Waals surface area contributed by atoms with Gasteiger partial charge in [0.2, 0.25) is 0 Å². The molecule has 0 amide bonds. The standard InChI is InChI=1S/C13H22N4S/c1-8(2)12-9(3)18-11(16-12)7-15-13(14)17(4)10-5-6-10/h8,10H,5-7H2,1-4H3,(H2,14,15). The molecule has 5 heteroatoms. The molecule has 1 aromatic rings. The highest BCUT2D eigenvalue weighted by Crippen LogP contribution is 2.26. The number of nitrogens with two attached hydrogens (primary N) is 1. The topological polar surface area (TPSA) is 54.5 Å². The van der Waals surface area contributed by atoms with Gasteiger partial charge in [-0.2, -0.15) is 0 Å². The van der Waals surface area contributed by atoms with Gasteiger partial charge in [0, 0.05) is 18.0 Å². The van der Waals surface area contributed by atoms with Gasteiger partial charge in [0.05, 0.1) is 12.2 Å². The van der Waals surface area contributed by atoms with E-state index < -0.39 is 0 Å². The van der Waals surface area contributed by atoms with E-state index in [1.165, 1.54) is 23.4 Å². The maximum absolute atomic E-state index is 5.96. The molecule has 0 unspecified atom stereocenters. The minimum absolute atomic E-state index is 0.477. The molecule has 0 aliphatic heterocycles. The Morgan fingerprint density at radius 3 is 2.72 bits per heavy atom. The third kappa shape index (κ3) is 3.02. The normalized spacial score (nSPS) is 16.4. The molecule has 1 aliphatic carbocycles. The Balaban J connectivity index is 2.00. The second-order valence-corrected chi connectivity index (χ2v) is 6.51. The minimum Gasteiger partial charge on any atom is -0.370 e. The van der Waals surface area contributed by atoms with Crippen LogP contribution in [0.4, 0.5) is 0 Å². The van der Waals surface area contributed by atoms with Crippen molar-refractivity contribution in [2.45, 2.75) is 52.1 Å². The SMILES string of the molecule is Cc1sc(CN=C(N)N(C)C2CC2)nc1C(C)C. The summed E-state index contributed by atoms with van der Waals surface area (Å²) in [6, 6.07) is 0.609. The molecule has 0 aromatic carbocycles. The molecule has 2 rings (SSSR count). The van der Waals surface area contributed by atoms with Crippen LogP contribution in [0.15, 0.2) is 4.99 Å². The molecule has 2 N–H and O–H groups in total. The summed E-state index contributed by atoms with van der Waals surface area (Å²) in [6.45, 7) is 7.07. The molecule has 1 saturated carbocycles. The van der Waals surface area contributed by atoms with Crippen LogP contribution in [0.3, 0.4) is 0 Å². The molecule has 0 atom stereocenters. The van der Waals surface area contributed by atoms with Crippen LogP contribution in [0.5, 0.6) is 0 Å². The fourth-order valence-electron chi connectivity index (χ4n) is 1.98. The van der Waals surface area contributed by atoms with Crippen LogP contribution < -0.4 is 5.73 Å². The van der Waals surface area contributed by atoms with Crippen molar-refractivity contribution < 1.29 is 0 Å². The van der Waals surface area contributed by atoms with Crippen molar-refractivity contribution in [3.05, 3.63) is 15.6 Å². The van der Waals surface area contributed by atoms with Crippen molar-refractivity contribution in [1.82, 2.24) is 9.88 Å². The molecular weight excluding hydrogens is 244 g/mol. The first-order valence-corrected chi connectivity index (χ1v) is 7.29. The summed E-state index contributed by atoms with van der Waals surface area (Å²) in [4.78, 5) is 12.4. The number of hydrogen-bond acceptors (Lipinski definition) is 3. The quantitative estimate of drug-likeness (QED) is 0.673. The Kier molecular flexibility index (Phi) is 3.90. The van der Waals surface area contributed by atoms with E-state index in [-0.39, 0.29) is 0 Å². The highest BCUT2D eigenvalue weighted by atomic mass is 32.1. The van der Waals surface area contributed by atoms with Gasteiger partial charge in [0.15, 0.2) is 5.96 Å². The monoisotopic (exact) mass is 266 g/mol. The Bertz CT molecular complexity index is 446. The molecule has 0 spiro atoms. The van der Waals surface area contributed by atoms with E-state index in [2.05, 4.69) is 35.6 Å². The van der Waals surface area contributed by atoms with E-state index in [1.54, 1.807) is 11.3 Å². The van der Waals surface area contributed by atoms with Crippen LogP contribution in [0.1, 0.15) is 48.2 Å². The Hall–Kier alpha value is -1.10. The lowest BCUT2D eigenvalue weighted by Gasteiger charge is -2.16. The zero-order valence-electron chi connectivity index (χ0n) is 11.6. The Labute approximate surface area is 113 Å². The first kappa shape index (κ1) is 13.3.